The normalized spacial score (nSPS) is 14.1. The number of sulfonamides is 1. The van der Waals surface area contributed by atoms with Gasteiger partial charge >= 0.3 is 0 Å². The summed E-state index contributed by atoms with van der Waals surface area (Å²) in [6, 6.07) is 14.8. The van der Waals surface area contributed by atoms with Gasteiger partial charge in [0.2, 0.25) is 15.9 Å². The van der Waals surface area contributed by atoms with E-state index in [4.69, 9.17) is 4.74 Å². The van der Waals surface area contributed by atoms with E-state index in [1.807, 2.05) is 37.3 Å². The number of hydrogen-bond acceptors (Lipinski definition) is 4. The maximum atomic E-state index is 13.4. The molecular formula is C21H26N2O4S. The van der Waals surface area contributed by atoms with Crippen LogP contribution >= 0.6 is 0 Å². The van der Waals surface area contributed by atoms with Crippen molar-refractivity contribution in [1.29, 1.82) is 0 Å². The predicted octanol–water partition coefficient (Wildman–Crippen LogP) is 2.52. The van der Waals surface area contributed by atoms with Crippen LogP contribution in [0.4, 0.5) is 0 Å². The van der Waals surface area contributed by atoms with Crippen molar-refractivity contribution in [3.05, 3.63) is 59.7 Å². The number of ether oxygens (including phenoxy) is 1. The number of hydrogen-bond donors (Lipinski definition) is 1. The van der Waals surface area contributed by atoms with Gasteiger partial charge in [0.15, 0.2) is 0 Å². The summed E-state index contributed by atoms with van der Waals surface area (Å²) in [6.45, 7) is 1.83. The Labute approximate surface area is 166 Å². The number of methoxy groups -OCH3 is 1. The Balaban J connectivity index is 1.87. The first-order valence-electron chi connectivity index (χ1n) is 9.38. The number of nitrogens with one attached hydrogen (secondary N) is 1. The lowest BCUT2D eigenvalue weighted by molar-refractivity contribution is -0.121. The lowest BCUT2D eigenvalue weighted by Gasteiger charge is -2.23. The van der Waals surface area contributed by atoms with Crippen LogP contribution in [0.2, 0.25) is 0 Å². The number of rotatable bonds is 9. The fourth-order valence-electron chi connectivity index (χ4n) is 2.97. The fourth-order valence-corrected chi connectivity index (χ4v) is 4.61. The second-order valence-electron chi connectivity index (χ2n) is 7.07. The largest absolute Gasteiger partial charge is 0.495 e. The molecule has 0 atom stereocenters. The molecule has 0 radical (unpaired) electrons. The number of nitrogens with zero attached hydrogens (tertiary/aromatic N) is 1. The Morgan fingerprint density at radius 3 is 2.54 bits per heavy atom. The van der Waals surface area contributed by atoms with Gasteiger partial charge in [0, 0.05) is 12.6 Å². The molecule has 0 aromatic heterocycles. The van der Waals surface area contributed by atoms with E-state index in [2.05, 4.69) is 5.32 Å². The van der Waals surface area contributed by atoms with Gasteiger partial charge < -0.3 is 10.1 Å². The number of benzene rings is 2. The molecule has 28 heavy (non-hydrogen) atoms. The Bertz CT molecular complexity index is 925. The minimum Gasteiger partial charge on any atom is -0.495 e. The van der Waals surface area contributed by atoms with Gasteiger partial charge in [-0.15, -0.1) is 0 Å². The van der Waals surface area contributed by atoms with Crippen molar-refractivity contribution in [3.63, 3.8) is 0 Å². The fraction of sp³-hybridized carbons (Fsp3) is 0.381. The molecule has 7 heteroatoms. The average Bonchev–Trinajstić information content (AvgIpc) is 3.49. The van der Waals surface area contributed by atoms with Crippen LogP contribution in [0, 0.1) is 6.92 Å². The summed E-state index contributed by atoms with van der Waals surface area (Å²) >= 11 is 0. The van der Waals surface area contributed by atoms with E-state index in [1.165, 1.54) is 11.4 Å². The van der Waals surface area contributed by atoms with E-state index < -0.39 is 10.0 Å². The van der Waals surface area contributed by atoms with Gasteiger partial charge in [0.05, 0.1) is 13.7 Å². The second-order valence-corrected chi connectivity index (χ2v) is 8.98. The molecule has 1 aliphatic carbocycles. The molecule has 0 heterocycles. The van der Waals surface area contributed by atoms with Crippen LogP contribution in [-0.2, 0) is 21.2 Å². The Hall–Kier alpha value is -2.38. The zero-order chi connectivity index (χ0) is 20.1. The maximum absolute atomic E-state index is 13.4. The average molecular weight is 403 g/mol. The first kappa shape index (κ1) is 20.4. The highest BCUT2D eigenvalue weighted by Gasteiger charge is 2.31. The SMILES string of the molecule is COc1ccc(C)cc1S(=O)(=O)N(CCc1ccccc1)CC(=O)NC1CC1. The van der Waals surface area contributed by atoms with Crippen LogP contribution in [0.5, 0.6) is 5.75 Å². The van der Waals surface area contributed by atoms with E-state index in [0.29, 0.717) is 6.42 Å². The van der Waals surface area contributed by atoms with Crippen molar-refractivity contribution < 1.29 is 17.9 Å². The summed E-state index contributed by atoms with van der Waals surface area (Å²) in [4.78, 5) is 12.5. The molecule has 0 bridgehead atoms. The Morgan fingerprint density at radius 1 is 1.18 bits per heavy atom. The van der Waals surface area contributed by atoms with E-state index in [-0.39, 0.29) is 35.7 Å². The minimum absolute atomic E-state index is 0.0854. The highest BCUT2D eigenvalue weighted by atomic mass is 32.2. The summed E-state index contributed by atoms with van der Waals surface area (Å²) in [5.41, 5.74) is 1.83. The number of aryl methyl sites for hydroxylation is 1. The highest BCUT2D eigenvalue weighted by molar-refractivity contribution is 7.89. The molecule has 1 N–H and O–H groups in total. The lowest BCUT2D eigenvalue weighted by Crippen LogP contribution is -2.42. The van der Waals surface area contributed by atoms with Crippen molar-refractivity contribution in [2.24, 2.45) is 0 Å². The van der Waals surface area contributed by atoms with Crippen molar-refractivity contribution in [2.75, 3.05) is 20.2 Å². The van der Waals surface area contributed by atoms with Gasteiger partial charge in [-0.2, -0.15) is 4.31 Å². The van der Waals surface area contributed by atoms with Gasteiger partial charge in [0.1, 0.15) is 10.6 Å². The summed E-state index contributed by atoms with van der Waals surface area (Å²) in [7, 11) is -2.46. The predicted molar refractivity (Wildman–Crippen MR) is 108 cm³/mol. The molecule has 1 amide bonds. The summed E-state index contributed by atoms with van der Waals surface area (Å²) in [5.74, 6) is 0.00340. The van der Waals surface area contributed by atoms with Crippen molar-refractivity contribution >= 4 is 15.9 Å². The molecule has 1 fully saturated rings. The molecular weight excluding hydrogens is 376 g/mol. The quantitative estimate of drug-likeness (QED) is 0.699. The summed E-state index contributed by atoms with van der Waals surface area (Å²) in [6.07, 6.45) is 2.42. The number of amides is 1. The molecule has 0 spiro atoms. The lowest BCUT2D eigenvalue weighted by atomic mass is 10.1. The molecule has 1 saturated carbocycles. The first-order chi connectivity index (χ1) is 13.4. The molecule has 150 valence electrons. The van der Waals surface area contributed by atoms with Gasteiger partial charge in [-0.3, -0.25) is 4.79 Å². The highest BCUT2D eigenvalue weighted by Crippen LogP contribution is 2.28. The third-order valence-corrected chi connectivity index (χ3v) is 6.56. The molecule has 2 aromatic rings. The van der Waals surface area contributed by atoms with Gasteiger partial charge in [0.25, 0.3) is 0 Å². The van der Waals surface area contributed by atoms with Crippen LogP contribution in [0.25, 0.3) is 0 Å². The van der Waals surface area contributed by atoms with E-state index in [1.54, 1.807) is 18.2 Å². The van der Waals surface area contributed by atoms with Gasteiger partial charge in [-0.1, -0.05) is 36.4 Å². The molecule has 0 aliphatic heterocycles. The Kier molecular flexibility index (Phi) is 6.36. The van der Waals surface area contributed by atoms with Gasteiger partial charge in [-0.05, 0) is 49.4 Å². The van der Waals surface area contributed by atoms with E-state index >= 15 is 0 Å². The molecule has 2 aromatic carbocycles. The third kappa shape index (κ3) is 5.11. The summed E-state index contributed by atoms with van der Waals surface area (Å²) in [5, 5.41) is 2.87. The van der Waals surface area contributed by atoms with Crippen molar-refractivity contribution in [3.8, 4) is 5.75 Å². The number of carbonyl (C=O) groups is 1. The monoisotopic (exact) mass is 402 g/mol. The molecule has 1 aliphatic rings. The zero-order valence-corrected chi connectivity index (χ0v) is 17.0. The third-order valence-electron chi connectivity index (χ3n) is 4.69. The van der Waals surface area contributed by atoms with Crippen molar-refractivity contribution in [2.45, 2.75) is 37.1 Å². The maximum Gasteiger partial charge on any atom is 0.247 e. The smallest absolute Gasteiger partial charge is 0.247 e. The van der Waals surface area contributed by atoms with E-state index in [0.717, 1.165) is 24.0 Å². The second kappa shape index (κ2) is 8.75. The Morgan fingerprint density at radius 2 is 1.89 bits per heavy atom. The minimum atomic E-state index is -3.90. The molecule has 0 unspecified atom stereocenters. The van der Waals surface area contributed by atoms with Crippen LogP contribution in [0.1, 0.15) is 24.0 Å². The zero-order valence-electron chi connectivity index (χ0n) is 16.2. The summed E-state index contributed by atoms with van der Waals surface area (Å²) < 4.78 is 33.3. The molecule has 3 rings (SSSR count). The van der Waals surface area contributed by atoms with Crippen LogP contribution in [0.3, 0.4) is 0 Å². The topological polar surface area (TPSA) is 75.7 Å². The number of carbonyl (C=O) groups excluding carboxylic acids is 1. The standard InChI is InChI=1S/C21H26N2O4S/c1-16-8-11-19(27-2)20(14-16)28(25,26)23(15-21(24)22-18-9-10-18)13-12-17-6-4-3-5-7-17/h3-8,11,14,18H,9-10,12-13,15H2,1-2H3,(H,22,24). The molecule has 0 saturated heterocycles. The molecule has 6 nitrogen and oxygen atoms in total. The first-order valence-corrected chi connectivity index (χ1v) is 10.8. The van der Waals surface area contributed by atoms with Crippen LogP contribution < -0.4 is 10.1 Å². The van der Waals surface area contributed by atoms with Crippen LogP contribution in [0.15, 0.2) is 53.4 Å². The van der Waals surface area contributed by atoms with Crippen molar-refractivity contribution in [1.82, 2.24) is 9.62 Å². The van der Waals surface area contributed by atoms with Gasteiger partial charge in [-0.25, -0.2) is 8.42 Å². The van der Waals surface area contributed by atoms with Crippen LogP contribution in [-0.4, -0.2) is 44.9 Å². The van der Waals surface area contributed by atoms with E-state index in [9.17, 15) is 13.2 Å².